The fraction of sp³-hybridized carbons (Fsp3) is 0.308. The van der Waals surface area contributed by atoms with Crippen molar-refractivity contribution in [1.82, 2.24) is 14.8 Å². The minimum absolute atomic E-state index is 0.0103. The second kappa shape index (κ2) is 6.13. The number of nitrogens with two attached hydrogens (primary N) is 1. The van der Waals surface area contributed by atoms with Gasteiger partial charge < -0.3 is 5.73 Å². The van der Waals surface area contributed by atoms with Crippen molar-refractivity contribution >= 4 is 21.8 Å². The molecular weight excluding hydrogens is 327 g/mol. The maximum atomic E-state index is 13.4. The molecule has 1 heterocycles. The number of nitrogens with zero attached hydrogens (tertiary/aromatic N) is 3. The zero-order valence-corrected chi connectivity index (χ0v) is 12.5. The summed E-state index contributed by atoms with van der Waals surface area (Å²) in [5, 5.41) is 4.08. The molecule has 0 fully saturated rings. The first-order valence-corrected chi connectivity index (χ1v) is 6.97. The van der Waals surface area contributed by atoms with E-state index in [9.17, 15) is 9.18 Å². The molecule has 0 aliphatic carbocycles. The summed E-state index contributed by atoms with van der Waals surface area (Å²) in [6.07, 6.45) is 1.54. The molecule has 2 N–H and O–H groups in total. The van der Waals surface area contributed by atoms with Crippen molar-refractivity contribution in [1.29, 1.82) is 0 Å². The van der Waals surface area contributed by atoms with Crippen LogP contribution >= 0.6 is 15.9 Å². The van der Waals surface area contributed by atoms with Gasteiger partial charge in [-0.2, -0.15) is 0 Å². The summed E-state index contributed by atoms with van der Waals surface area (Å²) < 4.78 is 15.6. The molecule has 0 aliphatic heterocycles. The van der Waals surface area contributed by atoms with Crippen LogP contribution in [0.1, 0.15) is 35.4 Å². The summed E-state index contributed by atoms with van der Waals surface area (Å²) >= 11 is 3.24. The van der Waals surface area contributed by atoms with Crippen molar-refractivity contribution in [3.63, 3.8) is 0 Å². The number of benzene rings is 1. The first-order chi connectivity index (χ1) is 9.49. The Kier molecular flexibility index (Phi) is 4.49. The van der Waals surface area contributed by atoms with Crippen molar-refractivity contribution < 1.29 is 9.18 Å². The van der Waals surface area contributed by atoms with Crippen LogP contribution in [-0.2, 0) is 13.0 Å². The van der Waals surface area contributed by atoms with Crippen molar-refractivity contribution in [2.45, 2.75) is 26.3 Å². The molecule has 0 bridgehead atoms. The van der Waals surface area contributed by atoms with Gasteiger partial charge in [-0.05, 0) is 30.2 Å². The predicted octanol–water partition coefficient (Wildman–Crippen LogP) is 2.28. The molecule has 0 spiro atoms. The molecule has 0 saturated carbocycles. The highest BCUT2D eigenvalue weighted by Gasteiger charge is 2.14. The number of halogens is 2. The Morgan fingerprint density at radius 3 is 2.80 bits per heavy atom. The van der Waals surface area contributed by atoms with Crippen molar-refractivity contribution in [3.05, 3.63) is 45.7 Å². The van der Waals surface area contributed by atoms with Gasteiger partial charge in [0.2, 0.25) is 5.82 Å². The van der Waals surface area contributed by atoms with E-state index in [1.54, 1.807) is 10.7 Å². The third-order valence-corrected chi connectivity index (χ3v) is 3.15. The van der Waals surface area contributed by atoms with E-state index in [0.717, 1.165) is 12.0 Å². The standard InChI is InChI=1S/C13H14BrFN4O/c1-2-3-11-17-13(12(16)20)18-19(11)7-8-4-9(14)6-10(15)5-8/h4-6H,2-3,7H2,1H3,(H2,16,20). The fourth-order valence-electron chi connectivity index (χ4n) is 1.89. The van der Waals surface area contributed by atoms with E-state index in [-0.39, 0.29) is 11.6 Å². The van der Waals surface area contributed by atoms with E-state index in [4.69, 9.17) is 5.73 Å². The summed E-state index contributed by atoms with van der Waals surface area (Å²) in [4.78, 5) is 15.3. The first-order valence-electron chi connectivity index (χ1n) is 6.18. The molecule has 1 aromatic carbocycles. The quantitative estimate of drug-likeness (QED) is 0.907. The number of aryl methyl sites for hydroxylation is 1. The van der Waals surface area contributed by atoms with Crippen molar-refractivity contribution in [2.24, 2.45) is 5.73 Å². The molecule has 1 aromatic heterocycles. The van der Waals surface area contributed by atoms with Gasteiger partial charge in [0.25, 0.3) is 5.91 Å². The van der Waals surface area contributed by atoms with Crippen LogP contribution in [0.4, 0.5) is 4.39 Å². The molecule has 20 heavy (non-hydrogen) atoms. The van der Waals surface area contributed by atoms with Crippen LogP contribution < -0.4 is 5.73 Å². The maximum absolute atomic E-state index is 13.4. The van der Waals surface area contributed by atoms with Gasteiger partial charge in [-0.15, -0.1) is 5.10 Å². The zero-order valence-electron chi connectivity index (χ0n) is 10.9. The number of hydrogen-bond acceptors (Lipinski definition) is 3. The Morgan fingerprint density at radius 1 is 1.45 bits per heavy atom. The zero-order chi connectivity index (χ0) is 14.7. The maximum Gasteiger partial charge on any atom is 0.288 e. The molecule has 0 unspecified atom stereocenters. The van der Waals surface area contributed by atoms with Crippen LogP contribution in [-0.4, -0.2) is 20.7 Å². The Labute approximate surface area is 124 Å². The second-order valence-electron chi connectivity index (χ2n) is 4.40. The summed E-state index contributed by atoms with van der Waals surface area (Å²) in [5.74, 6) is -0.339. The number of hydrogen-bond donors (Lipinski definition) is 1. The van der Waals surface area contributed by atoms with Crippen LogP contribution in [0.3, 0.4) is 0 Å². The van der Waals surface area contributed by atoms with E-state index in [2.05, 4.69) is 26.0 Å². The van der Waals surface area contributed by atoms with Crippen LogP contribution in [0, 0.1) is 5.82 Å². The Bertz CT molecular complexity index is 621. The summed E-state index contributed by atoms with van der Waals surface area (Å²) in [5.41, 5.74) is 5.92. The molecule has 7 heteroatoms. The lowest BCUT2D eigenvalue weighted by Gasteiger charge is -2.06. The average molecular weight is 341 g/mol. The average Bonchev–Trinajstić information content (AvgIpc) is 2.72. The highest BCUT2D eigenvalue weighted by molar-refractivity contribution is 9.10. The van der Waals surface area contributed by atoms with Crippen molar-refractivity contribution in [2.75, 3.05) is 0 Å². The van der Waals surface area contributed by atoms with Gasteiger partial charge in [0.1, 0.15) is 11.6 Å². The van der Waals surface area contributed by atoms with E-state index < -0.39 is 5.91 Å². The molecule has 2 aromatic rings. The highest BCUT2D eigenvalue weighted by atomic mass is 79.9. The topological polar surface area (TPSA) is 73.8 Å². The molecule has 2 rings (SSSR count). The Morgan fingerprint density at radius 2 is 2.20 bits per heavy atom. The predicted molar refractivity (Wildman–Crippen MR) is 75.7 cm³/mol. The van der Waals surface area contributed by atoms with Gasteiger partial charge in [0.15, 0.2) is 0 Å². The largest absolute Gasteiger partial charge is 0.363 e. The van der Waals surface area contributed by atoms with Gasteiger partial charge in [-0.1, -0.05) is 22.9 Å². The lowest BCUT2D eigenvalue weighted by molar-refractivity contribution is 0.0990. The lowest BCUT2D eigenvalue weighted by Crippen LogP contribution is -2.14. The summed E-state index contributed by atoms with van der Waals surface area (Å²) in [6, 6.07) is 4.60. The van der Waals surface area contributed by atoms with Crippen molar-refractivity contribution in [3.8, 4) is 0 Å². The lowest BCUT2D eigenvalue weighted by atomic mass is 10.2. The fourth-order valence-corrected chi connectivity index (χ4v) is 2.40. The number of primary amides is 1. The monoisotopic (exact) mass is 340 g/mol. The Balaban J connectivity index is 2.33. The highest BCUT2D eigenvalue weighted by Crippen LogP contribution is 2.16. The smallest absolute Gasteiger partial charge is 0.288 e. The van der Waals surface area contributed by atoms with Crippen LogP contribution in [0.5, 0.6) is 0 Å². The van der Waals surface area contributed by atoms with E-state index in [1.807, 2.05) is 6.92 Å². The SMILES string of the molecule is CCCc1nc(C(N)=O)nn1Cc1cc(F)cc(Br)c1. The third kappa shape index (κ3) is 3.41. The molecular formula is C13H14BrFN4O. The van der Waals surface area contributed by atoms with Gasteiger partial charge in [-0.3, -0.25) is 4.79 Å². The van der Waals surface area contributed by atoms with Gasteiger partial charge in [-0.25, -0.2) is 14.1 Å². The number of rotatable bonds is 5. The van der Waals surface area contributed by atoms with E-state index in [0.29, 0.717) is 23.3 Å². The number of carbonyl (C=O) groups excluding carboxylic acids is 1. The number of amides is 1. The normalized spacial score (nSPS) is 10.8. The van der Waals surface area contributed by atoms with Crippen LogP contribution in [0.15, 0.2) is 22.7 Å². The summed E-state index contributed by atoms with van der Waals surface area (Å²) in [7, 11) is 0. The molecule has 106 valence electrons. The van der Waals surface area contributed by atoms with Crippen LogP contribution in [0.2, 0.25) is 0 Å². The molecule has 0 atom stereocenters. The third-order valence-electron chi connectivity index (χ3n) is 2.70. The summed E-state index contributed by atoms with van der Waals surface area (Å²) in [6.45, 7) is 2.34. The minimum atomic E-state index is -0.665. The number of aromatic nitrogens is 3. The van der Waals surface area contributed by atoms with Gasteiger partial charge in [0, 0.05) is 10.9 Å². The minimum Gasteiger partial charge on any atom is -0.363 e. The molecule has 0 aliphatic rings. The molecule has 1 amide bonds. The van der Waals surface area contributed by atoms with Gasteiger partial charge in [0.05, 0.1) is 6.54 Å². The van der Waals surface area contributed by atoms with E-state index in [1.165, 1.54) is 12.1 Å². The Hall–Kier alpha value is -1.76. The molecule has 5 nitrogen and oxygen atoms in total. The van der Waals surface area contributed by atoms with Gasteiger partial charge >= 0.3 is 0 Å². The molecule has 0 saturated heterocycles. The number of carbonyl (C=O) groups is 1. The second-order valence-corrected chi connectivity index (χ2v) is 5.32. The first kappa shape index (κ1) is 14.6. The molecule has 0 radical (unpaired) electrons. The van der Waals surface area contributed by atoms with E-state index >= 15 is 0 Å². The van der Waals surface area contributed by atoms with Crippen LogP contribution in [0.25, 0.3) is 0 Å².